The summed E-state index contributed by atoms with van der Waals surface area (Å²) in [6.45, 7) is 9.79. The van der Waals surface area contributed by atoms with Crippen LogP contribution >= 0.6 is 0 Å². The highest BCUT2D eigenvalue weighted by Crippen LogP contribution is 2.25. The standard InChI is InChI=1S/C25H30N4O4/c1-4-19(5-2)17-21(30)11-9-7-6-8-10-16-31-22-14-12-20(13-15-22)23-27-29-25(33-23)24-28-26-18(3)32-24/h4-5,12-15,19H,1-2,6-11,16-17H2,3H3. The number of Topliss-reactive ketones (excluding diaryl/α,β-unsaturated/α-hetero) is 1. The van der Waals surface area contributed by atoms with Crippen LogP contribution in [-0.4, -0.2) is 32.8 Å². The van der Waals surface area contributed by atoms with E-state index in [1.807, 2.05) is 24.3 Å². The summed E-state index contributed by atoms with van der Waals surface area (Å²) in [5.74, 6) is 2.36. The van der Waals surface area contributed by atoms with Crippen LogP contribution in [0.5, 0.6) is 5.75 Å². The van der Waals surface area contributed by atoms with E-state index in [1.54, 1.807) is 19.1 Å². The van der Waals surface area contributed by atoms with Crippen LogP contribution in [0.25, 0.3) is 23.2 Å². The number of aryl methyl sites for hydroxylation is 1. The van der Waals surface area contributed by atoms with Gasteiger partial charge in [0.05, 0.1) is 6.61 Å². The van der Waals surface area contributed by atoms with Gasteiger partial charge in [-0.1, -0.05) is 31.4 Å². The van der Waals surface area contributed by atoms with Gasteiger partial charge in [0.1, 0.15) is 11.5 Å². The number of carbonyl (C=O) groups excluding carboxylic acids is 1. The minimum Gasteiger partial charge on any atom is -0.494 e. The Morgan fingerprint density at radius 1 is 0.909 bits per heavy atom. The zero-order valence-electron chi connectivity index (χ0n) is 19.0. The molecule has 0 spiro atoms. The fourth-order valence-electron chi connectivity index (χ4n) is 3.28. The van der Waals surface area contributed by atoms with E-state index in [9.17, 15) is 4.79 Å². The number of allylic oxidation sites excluding steroid dienone is 2. The number of ether oxygens (including phenoxy) is 1. The Bertz CT molecular complexity index is 1030. The van der Waals surface area contributed by atoms with E-state index in [4.69, 9.17) is 13.6 Å². The van der Waals surface area contributed by atoms with Crippen LogP contribution in [0.3, 0.4) is 0 Å². The lowest BCUT2D eigenvalue weighted by Crippen LogP contribution is -2.04. The van der Waals surface area contributed by atoms with Crippen molar-refractivity contribution in [3.63, 3.8) is 0 Å². The van der Waals surface area contributed by atoms with Crippen molar-refractivity contribution in [1.29, 1.82) is 0 Å². The number of hydrogen-bond acceptors (Lipinski definition) is 8. The van der Waals surface area contributed by atoms with Crippen molar-refractivity contribution >= 4 is 5.78 Å². The van der Waals surface area contributed by atoms with Gasteiger partial charge in [-0.15, -0.1) is 33.6 Å². The molecular formula is C25H30N4O4. The van der Waals surface area contributed by atoms with Crippen LogP contribution in [0, 0.1) is 12.8 Å². The lowest BCUT2D eigenvalue weighted by Gasteiger charge is -2.07. The highest BCUT2D eigenvalue weighted by molar-refractivity contribution is 5.79. The van der Waals surface area contributed by atoms with Crippen molar-refractivity contribution in [2.45, 2.75) is 51.9 Å². The molecule has 0 aliphatic rings. The zero-order valence-corrected chi connectivity index (χ0v) is 19.0. The number of unbranched alkanes of at least 4 members (excludes halogenated alkanes) is 4. The summed E-state index contributed by atoms with van der Waals surface area (Å²) in [7, 11) is 0. The minimum absolute atomic E-state index is 0.0918. The quantitative estimate of drug-likeness (QED) is 0.212. The van der Waals surface area contributed by atoms with E-state index in [-0.39, 0.29) is 23.5 Å². The summed E-state index contributed by atoms with van der Waals surface area (Å²) >= 11 is 0. The molecule has 8 nitrogen and oxygen atoms in total. The lowest BCUT2D eigenvalue weighted by molar-refractivity contribution is -0.119. The fourth-order valence-corrected chi connectivity index (χ4v) is 3.28. The first-order valence-electron chi connectivity index (χ1n) is 11.2. The molecule has 0 atom stereocenters. The average Bonchev–Trinajstić information content (AvgIpc) is 3.49. The molecule has 0 saturated heterocycles. The molecule has 0 N–H and O–H groups in total. The van der Waals surface area contributed by atoms with E-state index in [0.29, 0.717) is 31.2 Å². The zero-order chi connectivity index (χ0) is 23.5. The van der Waals surface area contributed by atoms with E-state index in [1.165, 1.54) is 0 Å². The van der Waals surface area contributed by atoms with Crippen molar-refractivity contribution in [1.82, 2.24) is 20.4 Å². The second-order valence-corrected chi connectivity index (χ2v) is 7.81. The average molecular weight is 451 g/mol. The van der Waals surface area contributed by atoms with Gasteiger partial charge in [0.15, 0.2) is 0 Å². The number of nitrogens with zero attached hydrogens (tertiary/aromatic N) is 4. The molecule has 0 saturated carbocycles. The van der Waals surface area contributed by atoms with E-state index >= 15 is 0 Å². The number of aromatic nitrogens is 4. The van der Waals surface area contributed by atoms with E-state index in [2.05, 4.69) is 33.6 Å². The maximum Gasteiger partial charge on any atom is 0.306 e. The Morgan fingerprint density at radius 3 is 2.24 bits per heavy atom. The summed E-state index contributed by atoms with van der Waals surface area (Å²) in [5, 5.41) is 15.6. The molecule has 3 rings (SSSR count). The molecular weight excluding hydrogens is 420 g/mol. The van der Waals surface area contributed by atoms with Crippen molar-refractivity contribution in [2.75, 3.05) is 6.61 Å². The van der Waals surface area contributed by atoms with Gasteiger partial charge in [0, 0.05) is 31.2 Å². The minimum atomic E-state index is 0.0918. The van der Waals surface area contributed by atoms with Crippen LogP contribution in [-0.2, 0) is 4.79 Å². The number of benzene rings is 1. The van der Waals surface area contributed by atoms with Gasteiger partial charge in [0.25, 0.3) is 0 Å². The highest BCUT2D eigenvalue weighted by atomic mass is 16.5. The van der Waals surface area contributed by atoms with Crippen LogP contribution in [0.15, 0.2) is 58.4 Å². The SMILES string of the molecule is C=CC(C=C)CC(=O)CCCCCCCOc1ccc(-c2nnc(-c3nnc(C)o3)o2)cc1. The van der Waals surface area contributed by atoms with E-state index in [0.717, 1.165) is 43.4 Å². The Kier molecular flexibility index (Phi) is 9.11. The number of carbonyl (C=O) groups is 1. The predicted octanol–water partition coefficient (Wildman–Crippen LogP) is 5.76. The Labute approximate surface area is 193 Å². The molecule has 174 valence electrons. The molecule has 2 aromatic heterocycles. The van der Waals surface area contributed by atoms with Crippen molar-refractivity contribution in [3.8, 4) is 29.0 Å². The first-order chi connectivity index (χ1) is 16.1. The normalized spacial score (nSPS) is 11.0. The van der Waals surface area contributed by atoms with Crippen LogP contribution in [0.1, 0.15) is 50.8 Å². The fraction of sp³-hybridized carbons (Fsp3) is 0.400. The monoisotopic (exact) mass is 450 g/mol. The Morgan fingerprint density at radius 2 is 1.55 bits per heavy atom. The molecule has 3 aromatic rings. The molecule has 2 heterocycles. The first-order valence-corrected chi connectivity index (χ1v) is 11.2. The summed E-state index contributed by atoms with van der Waals surface area (Å²) in [5.41, 5.74) is 0.777. The van der Waals surface area contributed by atoms with Crippen LogP contribution < -0.4 is 4.74 Å². The Hall–Kier alpha value is -3.55. The molecule has 0 unspecified atom stereocenters. The van der Waals surface area contributed by atoms with Crippen molar-refractivity contribution < 1.29 is 18.4 Å². The molecule has 1 aromatic carbocycles. The lowest BCUT2D eigenvalue weighted by atomic mass is 9.99. The van der Waals surface area contributed by atoms with Gasteiger partial charge in [-0.3, -0.25) is 4.79 Å². The summed E-state index contributed by atoms with van der Waals surface area (Å²) < 4.78 is 16.7. The van der Waals surface area contributed by atoms with Gasteiger partial charge in [-0.25, -0.2) is 0 Å². The van der Waals surface area contributed by atoms with Gasteiger partial charge in [-0.05, 0) is 37.1 Å². The highest BCUT2D eigenvalue weighted by Gasteiger charge is 2.15. The molecule has 0 aliphatic carbocycles. The van der Waals surface area contributed by atoms with Gasteiger partial charge in [-0.2, -0.15) is 0 Å². The topological polar surface area (TPSA) is 104 Å². The second-order valence-electron chi connectivity index (χ2n) is 7.81. The summed E-state index contributed by atoms with van der Waals surface area (Å²) in [6, 6.07) is 7.49. The van der Waals surface area contributed by atoms with Crippen LogP contribution in [0.4, 0.5) is 0 Å². The smallest absolute Gasteiger partial charge is 0.306 e. The van der Waals surface area contributed by atoms with Crippen LogP contribution in [0.2, 0.25) is 0 Å². The Balaban J connectivity index is 1.30. The molecule has 0 amide bonds. The largest absolute Gasteiger partial charge is 0.494 e. The second kappa shape index (κ2) is 12.5. The van der Waals surface area contributed by atoms with Crippen molar-refractivity contribution in [3.05, 3.63) is 55.5 Å². The van der Waals surface area contributed by atoms with Gasteiger partial charge >= 0.3 is 11.8 Å². The summed E-state index contributed by atoms with van der Waals surface area (Å²) in [4.78, 5) is 11.9. The third-order valence-electron chi connectivity index (χ3n) is 5.17. The molecule has 0 bridgehead atoms. The van der Waals surface area contributed by atoms with Gasteiger partial charge in [0.2, 0.25) is 11.8 Å². The molecule has 0 fully saturated rings. The molecule has 33 heavy (non-hydrogen) atoms. The summed E-state index contributed by atoms with van der Waals surface area (Å²) in [6.07, 6.45) is 9.85. The number of rotatable bonds is 15. The number of hydrogen-bond donors (Lipinski definition) is 0. The van der Waals surface area contributed by atoms with Gasteiger partial charge < -0.3 is 13.6 Å². The third-order valence-corrected chi connectivity index (χ3v) is 5.17. The number of ketones is 1. The first kappa shape index (κ1) is 24.1. The van der Waals surface area contributed by atoms with Crippen molar-refractivity contribution in [2.24, 2.45) is 5.92 Å². The maximum atomic E-state index is 11.9. The maximum absolute atomic E-state index is 11.9. The molecule has 0 radical (unpaired) electrons. The third kappa shape index (κ3) is 7.52. The molecule has 8 heteroatoms. The molecule has 0 aliphatic heterocycles. The predicted molar refractivity (Wildman–Crippen MR) is 124 cm³/mol. The van der Waals surface area contributed by atoms with E-state index < -0.39 is 0 Å².